The Morgan fingerprint density at radius 2 is 1.70 bits per heavy atom. The molecule has 0 unspecified atom stereocenters. The number of hydrogen-bond acceptors (Lipinski definition) is 4. The Balaban J connectivity index is 1.66. The highest BCUT2D eigenvalue weighted by Gasteiger charge is 2.07. The Bertz CT molecular complexity index is 838. The van der Waals surface area contributed by atoms with E-state index in [0.717, 1.165) is 11.9 Å². The molecular formula is C17H13N3O3. The van der Waals surface area contributed by atoms with Crippen molar-refractivity contribution in [1.82, 2.24) is 9.97 Å². The predicted octanol–water partition coefficient (Wildman–Crippen LogP) is 2.81. The lowest BCUT2D eigenvalue weighted by Crippen LogP contribution is -2.16. The minimum Gasteiger partial charge on any atom is -0.457 e. The summed E-state index contributed by atoms with van der Waals surface area (Å²) >= 11 is 0. The Kier molecular flexibility index (Phi) is 4.15. The fraction of sp³-hybridized carbons (Fsp3) is 0. The average molecular weight is 307 g/mol. The number of benzene rings is 2. The monoisotopic (exact) mass is 307 g/mol. The molecular weight excluding hydrogens is 294 g/mol. The number of rotatable bonds is 4. The minimum atomic E-state index is -0.405. The van der Waals surface area contributed by atoms with Crippen molar-refractivity contribution in [1.29, 1.82) is 0 Å². The largest absolute Gasteiger partial charge is 0.457 e. The van der Waals surface area contributed by atoms with Gasteiger partial charge >= 0.3 is 0 Å². The summed E-state index contributed by atoms with van der Waals surface area (Å²) in [4.78, 5) is 29.1. The van der Waals surface area contributed by atoms with Crippen LogP contribution in [0.25, 0.3) is 0 Å². The molecule has 0 aliphatic carbocycles. The van der Waals surface area contributed by atoms with Crippen LogP contribution in [0.1, 0.15) is 10.5 Å². The van der Waals surface area contributed by atoms with E-state index in [4.69, 9.17) is 4.74 Å². The highest BCUT2D eigenvalue weighted by atomic mass is 16.5. The zero-order valence-electron chi connectivity index (χ0n) is 12.0. The van der Waals surface area contributed by atoms with Gasteiger partial charge in [0.25, 0.3) is 11.5 Å². The molecule has 1 aromatic heterocycles. The van der Waals surface area contributed by atoms with Crippen molar-refractivity contribution in [2.24, 2.45) is 0 Å². The second kappa shape index (κ2) is 6.57. The van der Waals surface area contributed by atoms with E-state index in [1.165, 1.54) is 6.20 Å². The molecule has 0 spiro atoms. The lowest BCUT2D eigenvalue weighted by molar-refractivity contribution is 0.102. The van der Waals surface area contributed by atoms with Crippen molar-refractivity contribution in [3.63, 3.8) is 0 Å². The van der Waals surface area contributed by atoms with Crippen LogP contribution < -0.4 is 15.6 Å². The number of H-pyrrole nitrogens is 1. The molecule has 6 nitrogen and oxygen atoms in total. The molecule has 1 heterocycles. The number of hydrogen-bond donors (Lipinski definition) is 2. The quantitative estimate of drug-likeness (QED) is 0.776. The summed E-state index contributed by atoms with van der Waals surface area (Å²) in [5.74, 6) is 0.996. The van der Waals surface area contributed by atoms with Crippen LogP contribution >= 0.6 is 0 Å². The van der Waals surface area contributed by atoms with E-state index in [1.54, 1.807) is 24.3 Å². The third kappa shape index (κ3) is 3.82. The normalized spacial score (nSPS) is 10.1. The zero-order valence-corrected chi connectivity index (χ0v) is 12.0. The molecule has 3 aromatic rings. The molecule has 114 valence electrons. The number of carbonyl (C=O) groups excluding carboxylic acids is 1. The molecule has 23 heavy (non-hydrogen) atoms. The van der Waals surface area contributed by atoms with E-state index in [2.05, 4.69) is 15.3 Å². The number of para-hydroxylation sites is 1. The fourth-order valence-corrected chi connectivity index (χ4v) is 1.89. The highest BCUT2D eigenvalue weighted by molar-refractivity contribution is 6.02. The van der Waals surface area contributed by atoms with Gasteiger partial charge in [0.1, 0.15) is 17.2 Å². The van der Waals surface area contributed by atoms with E-state index in [-0.39, 0.29) is 11.3 Å². The fourth-order valence-electron chi connectivity index (χ4n) is 1.89. The molecule has 2 aromatic carbocycles. The van der Waals surface area contributed by atoms with Crippen molar-refractivity contribution < 1.29 is 9.53 Å². The van der Waals surface area contributed by atoms with Crippen LogP contribution in [0.3, 0.4) is 0 Å². The van der Waals surface area contributed by atoms with Gasteiger partial charge in [-0.1, -0.05) is 18.2 Å². The molecule has 0 saturated carbocycles. The molecule has 0 aliphatic rings. The third-order valence-corrected chi connectivity index (χ3v) is 3.00. The van der Waals surface area contributed by atoms with E-state index in [0.29, 0.717) is 11.4 Å². The standard InChI is InChI=1S/C17H13N3O3/c21-16-11-18-15(10-19-16)17(22)20-12-6-8-14(9-7-12)23-13-4-2-1-3-5-13/h1-11H,(H,19,21)(H,20,22). The maximum atomic E-state index is 12.0. The molecule has 3 rings (SSSR count). The summed E-state index contributed by atoms with van der Waals surface area (Å²) in [7, 11) is 0. The average Bonchev–Trinajstić information content (AvgIpc) is 2.58. The number of carbonyl (C=O) groups is 1. The van der Waals surface area contributed by atoms with Crippen molar-refractivity contribution in [2.45, 2.75) is 0 Å². The molecule has 0 aliphatic heterocycles. The van der Waals surface area contributed by atoms with Crippen LogP contribution in [-0.4, -0.2) is 15.9 Å². The summed E-state index contributed by atoms with van der Waals surface area (Å²) in [5, 5.41) is 2.69. The maximum Gasteiger partial charge on any atom is 0.275 e. The summed E-state index contributed by atoms with van der Waals surface area (Å²) in [6, 6.07) is 16.4. The molecule has 6 heteroatoms. The molecule has 0 saturated heterocycles. The number of aromatic amines is 1. The topological polar surface area (TPSA) is 84.1 Å². The zero-order chi connectivity index (χ0) is 16.1. The van der Waals surface area contributed by atoms with Crippen molar-refractivity contribution in [3.8, 4) is 11.5 Å². The Morgan fingerprint density at radius 3 is 2.35 bits per heavy atom. The summed E-state index contributed by atoms with van der Waals surface area (Å²) in [6.45, 7) is 0. The molecule has 1 amide bonds. The first-order valence-corrected chi connectivity index (χ1v) is 6.90. The van der Waals surface area contributed by atoms with E-state index in [9.17, 15) is 9.59 Å². The van der Waals surface area contributed by atoms with Gasteiger partial charge < -0.3 is 15.0 Å². The maximum absolute atomic E-state index is 12.0. The molecule has 0 atom stereocenters. The number of anilines is 1. The Morgan fingerprint density at radius 1 is 1.00 bits per heavy atom. The summed E-state index contributed by atoms with van der Waals surface area (Å²) in [6.07, 6.45) is 2.33. The number of nitrogens with zero attached hydrogens (tertiary/aromatic N) is 1. The van der Waals surface area contributed by atoms with Crippen molar-refractivity contribution in [2.75, 3.05) is 5.32 Å². The van der Waals surface area contributed by atoms with Crippen LogP contribution in [0.4, 0.5) is 5.69 Å². The smallest absolute Gasteiger partial charge is 0.275 e. The van der Waals surface area contributed by atoms with E-state index in [1.807, 2.05) is 30.3 Å². The van der Waals surface area contributed by atoms with Gasteiger partial charge in [-0.3, -0.25) is 9.59 Å². The molecule has 0 bridgehead atoms. The first kappa shape index (κ1) is 14.5. The Hall–Kier alpha value is -3.41. The van der Waals surface area contributed by atoms with E-state index >= 15 is 0 Å². The van der Waals surface area contributed by atoms with Crippen molar-refractivity contribution in [3.05, 3.63) is 83.0 Å². The van der Waals surface area contributed by atoms with Crippen LogP contribution in [0, 0.1) is 0 Å². The molecule has 0 radical (unpaired) electrons. The van der Waals surface area contributed by atoms with Crippen LogP contribution in [-0.2, 0) is 0 Å². The van der Waals surface area contributed by atoms with Gasteiger partial charge in [-0.15, -0.1) is 0 Å². The second-order valence-electron chi connectivity index (χ2n) is 4.69. The van der Waals surface area contributed by atoms with Crippen LogP contribution in [0.2, 0.25) is 0 Å². The highest BCUT2D eigenvalue weighted by Crippen LogP contribution is 2.22. The number of ether oxygens (including phenoxy) is 1. The first-order valence-electron chi connectivity index (χ1n) is 6.90. The number of aromatic nitrogens is 2. The lowest BCUT2D eigenvalue weighted by atomic mass is 10.3. The van der Waals surface area contributed by atoms with Gasteiger partial charge in [-0.05, 0) is 36.4 Å². The SMILES string of the molecule is O=C(Nc1ccc(Oc2ccccc2)cc1)c1c[nH]c(=O)cn1. The second-order valence-corrected chi connectivity index (χ2v) is 4.69. The van der Waals surface area contributed by atoms with E-state index < -0.39 is 5.91 Å². The van der Waals surface area contributed by atoms with Gasteiger partial charge in [0.05, 0.1) is 6.20 Å². The van der Waals surface area contributed by atoms with Gasteiger partial charge in [0.15, 0.2) is 0 Å². The minimum absolute atomic E-state index is 0.134. The van der Waals surface area contributed by atoms with Gasteiger partial charge in [-0.2, -0.15) is 0 Å². The third-order valence-electron chi connectivity index (χ3n) is 3.00. The summed E-state index contributed by atoms with van der Waals surface area (Å²) < 4.78 is 5.67. The van der Waals surface area contributed by atoms with Crippen LogP contribution in [0.5, 0.6) is 11.5 Å². The lowest BCUT2D eigenvalue weighted by Gasteiger charge is -2.07. The van der Waals surface area contributed by atoms with Crippen LogP contribution in [0.15, 0.2) is 71.8 Å². The van der Waals surface area contributed by atoms with Gasteiger partial charge in [-0.25, -0.2) is 4.98 Å². The Labute approximate surface area is 131 Å². The molecule has 0 fully saturated rings. The van der Waals surface area contributed by atoms with Crippen molar-refractivity contribution >= 4 is 11.6 Å². The van der Waals surface area contributed by atoms with Gasteiger partial charge in [0, 0.05) is 11.9 Å². The summed E-state index contributed by atoms with van der Waals surface area (Å²) in [5.41, 5.74) is 0.376. The number of amides is 1. The number of nitrogens with one attached hydrogen (secondary N) is 2. The first-order chi connectivity index (χ1) is 11.2. The molecule has 2 N–H and O–H groups in total. The predicted molar refractivity (Wildman–Crippen MR) is 85.8 cm³/mol. The van der Waals surface area contributed by atoms with Gasteiger partial charge in [0.2, 0.25) is 0 Å².